The first kappa shape index (κ1) is 20.9. The van der Waals surface area contributed by atoms with Crippen LogP contribution < -0.4 is 10.2 Å². The molecule has 158 valence electrons. The Balaban J connectivity index is 1.81. The van der Waals surface area contributed by atoms with Crippen molar-refractivity contribution in [3.8, 4) is 6.07 Å². The van der Waals surface area contributed by atoms with Crippen LogP contribution in [0.4, 0.5) is 11.5 Å². The van der Waals surface area contributed by atoms with Gasteiger partial charge in [0.15, 0.2) is 0 Å². The largest absolute Gasteiger partial charge is 0.478 e. The second kappa shape index (κ2) is 8.80. The minimum absolute atomic E-state index is 0.181. The maximum Gasteiger partial charge on any atom is 0.337 e. The first-order chi connectivity index (χ1) is 15.0. The van der Waals surface area contributed by atoms with E-state index in [0.29, 0.717) is 59.3 Å². The van der Waals surface area contributed by atoms with E-state index in [0.717, 1.165) is 5.56 Å². The molecule has 4 rings (SSSR count). The SMILES string of the molecule is C[C@@H](Nc1ccccc1C(=O)O)c1cc(Cl)cc2c(C#N)cc(N3CCOCC3)nc12. The molecule has 1 aliphatic rings. The number of nitrogens with zero attached hydrogens (tertiary/aromatic N) is 3. The third-order valence-corrected chi connectivity index (χ3v) is 5.56. The van der Waals surface area contributed by atoms with E-state index >= 15 is 0 Å². The van der Waals surface area contributed by atoms with Crippen LogP contribution in [0.2, 0.25) is 5.02 Å². The lowest BCUT2D eigenvalue weighted by Gasteiger charge is -2.28. The maximum absolute atomic E-state index is 11.6. The van der Waals surface area contributed by atoms with Crippen molar-refractivity contribution in [2.24, 2.45) is 0 Å². The summed E-state index contributed by atoms with van der Waals surface area (Å²) in [6.07, 6.45) is 0. The zero-order valence-corrected chi connectivity index (χ0v) is 17.7. The Morgan fingerprint density at radius 1 is 1.29 bits per heavy atom. The van der Waals surface area contributed by atoms with Crippen LogP contribution in [0.1, 0.15) is 34.5 Å². The van der Waals surface area contributed by atoms with Gasteiger partial charge >= 0.3 is 5.97 Å². The van der Waals surface area contributed by atoms with Crippen molar-refractivity contribution in [1.29, 1.82) is 5.26 Å². The quantitative estimate of drug-likeness (QED) is 0.608. The highest BCUT2D eigenvalue weighted by molar-refractivity contribution is 6.31. The molecule has 1 aliphatic heterocycles. The van der Waals surface area contributed by atoms with Crippen molar-refractivity contribution in [2.75, 3.05) is 36.5 Å². The maximum atomic E-state index is 11.6. The van der Waals surface area contributed by atoms with Crippen LogP contribution in [0.25, 0.3) is 10.9 Å². The Kier molecular flexibility index (Phi) is 5.94. The summed E-state index contributed by atoms with van der Waals surface area (Å²) in [7, 11) is 0. The molecule has 7 nitrogen and oxygen atoms in total. The van der Waals surface area contributed by atoms with Gasteiger partial charge in [-0.2, -0.15) is 5.26 Å². The predicted octanol–water partition coefficient (Wildman–Crippen LogP) is 4.47. The summed E-state index contributed by atoms with van der Waals surface area (Å²) in [6.45, 7) is 4.54. The number of aromatic carboxylic acids is 1. The molecule has 1 fully saturated rings. The van der Waals surface area contributed by atoms with Gasteiger partial charge < -0.3 is 20.1 Å². The average Bonchev–Trinajstić information content (AvgIpc) is 2.78. The molecular weight excluding hydrogens is 416 g/mol. The number of pyridine rings is 1. The van der Waals surface area contributed by atoms with E-state index in [4.69, 9.17) is 21.3 Å². The van der Waals surface area contributed by atoms with E-state index in [1.807, 2.05) is 13.0 Å². The van der Waals surface area contributed by atoms with E-state index in [9.17, 15) is 15.2 Å². The van der Waals surface area contributed by atoms with Crippen molar-refractivity contribution in [1.82, 2.24) is 4.98 Å². The normalized spacial score (nSPS) is 14.8. The summed E-state index contributed by atoms with van der Waals surface area (Å²) in [6, 6.07) is 14.0. The molecule has 2 heterocycles. The van der Waals surface area contributed by atoms with Crippen LogP contribution in [-0.4, -0.2) is 42.4 Å². The van der Waals surface area contributed by atoms with Crippen LogP contribution in [0.5, 0.6) is 0 Å². The lowest BCUT2D eigenvalue weighted by molar-refractivity contribution is 0.0698. The lowest BCUT2D eigenvalue weighted by atomic mass is 10.00. The van der Waals surface area contributed by atoms with Gasteiger partial charge in [-0.05, 0) is 37.3 Å². The molecule has 0 amide bonds. The van der Waals surface area contributed by atoms with Gasteiger partial charge in [-0.15, -0.1) is 0 Å². The highest BCUT2D eigenvalue weighted by Gasteiger charge is 2.20. The standard InChI is InChI=1S/C23H21ClN4O3/c1-14(26-20-5-3-2-4-17(20)23(29)30)18-11-16(24)12-19-15(13-25)10-21(27-22(18)19)28-6-8-31-9-7-28/h2-5,10-12,14,26H,6-9H2,1H3,(H,29,30)/t14-/m1/s1. The van der Waals surface area contributed by atoms with Crippen molar-refractivity contribution < 1.29 is 14.6 Å². The Morgan fingerprint density at radius 3 is 2.74 bits per heavy atom. The fourth-order valence-electron chi connectivity index (χ4n) is 3.79. The van der Waals surface area contributed by atoms with Crippen molar-refractivity contribution in [3.63, 3.8) is 0 Å². The van der Waals surface area contributed by atoms with Crippen LogP contribution in [0.15, 0.2) is 42.5 Å². The molecular formula is C23H21ClN4O3. The first-order valence-corrected chi connectivity index (χ1v) is 10.3. The van der Waals surface area contributed by atoms with E-state index in [-0.39, 0.29) is 11.6 Å². The second-order valence-electron chi connectivity index (χ2n) is 7.35. The van der Waals surface area contributed by atoms with Gasteiger partial charge in [-0.25, -0.2) is 9.78 Å². The van der Waals surface area contributed by atoms with Crippen LogP contribution in [0.3, 0.4) is 0 Å². The highest BCUT2D eigenvalue weighted by Crippen LogP contribution is 2.33. The number of carboxylic acids is 1. The molecule has 0 aliphatic carbocycles. The number of halogens is 1. The number of nitrogens with one attached hydrogen (secondary N) is 1. The van der Waals surface area contributed by atoms with E-state index in [1.165, 1.54) is 0 Å². The number of rotatable bonds is 5. The van der Waals surface area contributed by atoms with Gasteiger partial charge in [-0.1, -0.05) is 23.7 Å². The van der Waals surface area contributed by atoms with Gasteiger partial charge in [0.05, 0.1) is 42.0 Å². The summed E-state index contributed by atoms with van der Waals surface area (Å²) in [4.78, 5) is 18.6. The Morgan fingerprint density at radius 2 is 2.03 bits per heavy atom. The minimum Gasteiger partial charge on any atom is -0.478 e. The number of benzene rings is 2. The summed E-state index contributed by atoms with van der Waals surface area (Å²) >= 11 is 6.38. The Labute approximate surface area is 184 Å². The van der Waals surface area contributed by atoms with Crippen molar-refractivity contribution in [2.45, 2.75) is 13.0 Å². The number of aromatic nitrogens is 1. The molecule has 0 bridgehead atoms. The summed E-state index contributed by atoms with van der Waals surface area (Å²) in [5.74, 6) is -0.292. The van der Waals surface area contributed by atoms with E-state index in [2.05, 4.69) is 16.3 Å². The molecule has 0 spiro atoms. The molecule has 1 aromatic heterocycles. The van der Waals surface area contributed by atoms with Gasteiger partial charge in [0, 0.05) is 34.7 Å². The van der Waals surface area contributed by atoms with E-state index < -0.39 is 5.97 Å². The number of carboxylic acid groups (broad SMARTS) is 1. The third kappa shape index (κ3) is 4.26. The molecule has 0 radical (unpaired) electrons. The number of morpholine rings is 1. The fraction of sp³-hybridized carbons (Fsp3) is 0.261. The van der Waals surface area contributed by atoms with Crippen molar-refractivity contribution in [3.05, 3.63) is 64.2 Å². The zero-order valence-electron chi connectivity index (χ0n) is 16.9. The van der Waals surface area contributed by atoms with Gasteiger partial charge in [0.1, 0.15) is 5.82 Å². The number of para-hydroxylation sites is 1. The topological polar surface area (TPSA) is 98.5 Å². The molecule has 0 saturated carbocycles. The van der Waals surface area contributed by atoms with Crippen LogP contribution >= 0.6 is 11.6 Å². The van der Waals surface area contributed by atoms with Crippen LogP contribution in [0, 0.1) is 11.3 Å². The smallest absolute Gasteiger partial charge is 0.337 e. The highest BCUT2D eigenvalue weighted by atomic mass is 35.5. The second-order valence-corrected chi connectivity index (χ2v) is 7.78. The monoisotopic (exact) mass is 436 g/mol. The number of anilines is 2. The van der Waals surface area contributed by atoms with E-state index in [1.54, 1.807) is 36.4 Å². The van der Waals surface area contributed by atoms with Gasteiger partial charge in [0.25, 0.3) is 0 Å². The first-order valence-electron chi connectivity index (χ1n) is 9.94. The molecule has 0 unspecified atom stereocenters. The lowest BCUT2D eigenvalue weighted by Crippen LogP contribution is -2.36. The molecule has 31 heavy (non-hydrogen) atoms. The number of hydrogen-bond acceptors (Lipinski definition) is 6. The van der Waals surface area contributed by atoms with Crippen molar-refractivity contribution >= 4 is 40.0 Å². The molecule has 2 N–H and O–H groups in total. The third-order valence-electron chi connectivity index (χ3n) is 5.35. The number of nitriles is 1. The molecule has 1 atom stereocenters. The predicted molar refractivity (Wildman–Crippen MR) is 120 cm³/mol. The fourth-order valence-corrected chi connectivity index (χ4v) is 4.01. The minimum atomic E-state index is -1.01. The Bertz CT molecular complexity index is 1190. The molecule has 2 aromatic carbocycles. The Hall–Kier alpha value is -3.34. The summed E-state index contributed by atoms with van der Waals surface area (Å²) in [5.41, 5.74) is 2.63. The molecule has 8 heteroatoms. The number of carbonyl (C=O) groups is 1. The number of fused-ring (bicyclic) bond motifs is 1. The number of ether oxygens (including phenoxy) is 1. The average molecular weight is 437 g/mol. The molecule has 3 aromatic rings. The molecule has 1 saturated heterocycles. The summed E-state index contributed by atoms with van der Waals surface area (Å²) in [5, 5.41) is 23.7. The van der Waals surface area contributed by atoms with Crippen LogP contribution in [-0.2, 0) is 4.74 Å². The number of hydrogen-bond donors (Lipinski definition) is 2. The van der Waals surface area contributed by atoms with Gasteiger partial charge in [-0.3, -0.25) is 0 Å². The zero-order chi connectivity index (χ0) is 22.0. The summed E-state index contributed by atoms with van der Waals surface area (Å²) < 4.78 is 5.43. The van der Waals surface area contributed by atoms with Gasteiger partial charge in [0.2, 0.25) is 0 Å².